The Bertz CT molecular complexity index is 1020. The third-order valence-corrected chi connectivity index (χ3v) is 3.67. The van der Waals surface area contributed by atoms with E-state index in [2.05, 4.69) is 9.97 Å². The lowest BCUT2D eigenvalue weighted by Gasteiger charge is -2.04. The molecule has 118 valence electrons. The van der Waals surface area contributed by atoms with Gasteiger partial charge >= 0.3 is 5.97 Å². The van der Waals surface area contributed by atoms with Gasteiger partial charge in [-0.2, -0.15) is 0 Å². The van der Waals surface area contributed by atoms with Gasteiger partial charge in [0.2, 0.25) is 5.65 Å². The van der Waals surface area contributed by atoms with E-state index in [9.17, 15) is 19.7 Å². The highest BCUT2D eigenvalue weighted by Crippen LogP contribution is 2.22. The molecule has 9 heteroatoms. The topological polar surface area (TPSA) is 131 Å². The summed E-state index contributed by atoms with van der Waals surface area (Å²) in [4.78, 5) is 40.1. The number of hydrogen-bond acceptors (Lipinski definition) is 5. The highest BCUT2D eigenvalue weighted by atomic mass is 16.6. The van der Waals surface area contributed by atoms with E-state index in [1.54, 1.807) is 6.92 Å². The molecule has 0 bridgehead atoms. The molecule has 3 rings (SSSR count). The molecule has 2 aromatic heterocycles. The van der Waals surface area contributed by atoms with E-state index in [-0.39, 0.29) is 24.2 Å². The summed E-state index contributed by atoms with van der Waals surface area (Å²) in [6.45, 7) is 1.70. The first kappa shape index (κ1) is 14.7. The summed E-state index contributed by atoms with van der Waals surface area (Å²) in [6.07, 6.45) is 0.0689. The number of aromatic amines is 1. The second kappa shape index (κ2) is 5.20. The van der Waals surface area contributed by atoms with Crippen LogP contribution >= 0.6 is 0 Å². The van der Waals surface area contributed by atoms with Gasteiger partial charge in [0, 0.05) is 24.2 Å². The minimum absolute atomic E-state index is 0.0934. The molecule has 23 heavy (non-hydrogen) atoms. The zero-order valence-electron chi connectivity index (χ0n) is 12.1. The lowest BCUT2D eigenvalue weighted by Crippen LogP contribution is -2.11. The quantitative estimate of drug-likeness (QED) is 0.552. The Hall–Kier alpha value is -3.23. The minimum atomic E-state index is -0.962. The fraction of sp³-hybridized carbons (Fsp3) is 0.214. The van der Waals surface area contributed by atoms with Gasteiger partial charge in [-0.1, -0.05) is 0 Å². The van der Waals surface area contributed by atoms with E-state index >= 15 is 0 Å². The van der Waals surface area contributed by atoms with Crippen molar-refractivity contribution in [3.05, 3.63) is 50.1 Å². The van der Waals surface area contributed by atoms with E-state index in [1.807, 2.05) is 0 Å². The number of imidazole rings is 1. The van der Waals surface area contributed by atoms with Gasteiger partial charge < -0.3 is 10.1 Å². The number of aromatic nitrogens is 3. The molecule has 9 nitrogen and oxygen atoms in total. The number of rotatable bonds is 4. The molecular weight excluding hydrogens is 304 g/mol. The SMILES string of the molecule is Cc1c(CCC(=O)O)nc2c(=O)[nH]c3ccc([N+](=O)[O-])cc3n12. The average molecular weight is 316 g/mol. The van der Waals surface area contributed by atoms with Crippen LogP contribution in [-0.4, -0.2) is 30.4 Å². The Morgan fingerprint density at radius 2 is 2.22 bits per heavy atom. The molecule has 0 unspecified atom stereocenters. The summed E-state index contributed by atoms with van der Waals surface area (Å²) in [5, 5.41) is 19.7. The van der Waals surface area contributed by atoms with Crippen molar-refractivity contribution < 1.29 is 14.8 Å². The minimum Gasteiger partial charge on any atom is -0.481 e. The molecule has 0 radical (unpaired) electrons. The van der Waals surface area contributed by atoms with Gasteiger partial charge in [-0.3, -0.25) is 24.1 Å². The van der Waals surface area contributed by atoms with Gasteiger partial charge in [0.25, 0.3) is 11.2 Å². The van der Waals surface area contributed by atoms with Crippen LogP contribution < -0.4 is 5.56 Å². The van der Waals surface area contributed by atoms with Crippen molar-refractivity contribution >= 4 is 28.3 Å². The standard InChI is InChI=1S/C14H12N4O5/c1-7-9(4-5-12(19)20)15-13-14(21)16-10-3-2-8(18(22)23)6-11(10)17(7)13/h2-3,6H,4-5H2,1H3,(H,16,21)(H,19,20). The number of fused-ring (bicyclic) bond motifs is 3. The fourth-order valence-electron chi connectivity index (χ4n) is 2.56. The maximum atomic E-state index is 12.1. The lowest BCUT2D eigenvalue weighted by atomic mass is 10.2. The van der Waals surface area contributed by atoms with Crippen LogP contribution in [0.5, 0.6) is 0 Å². The highest BCUT2D eigenvalue weighted by molar-refractivity contribution is 5.80. The molecule has 0 amide bonds. The number of aryl methyl sites for hydroxylation is 2. The fourth-order valence-corrected chi connectivity index (χ4v) is 2.56. The number of carboxylic acid groups (broad SMARTS) is 1. The van der Waals surface area contributed by atoms with Gasteiger partial charge in [-0.25, -0.2) is 4.98 Å². The van der Waals surface area contributed by atoms with Crippen molar-refractivity contribution in [2.75, 3.05) is 0 Å². The van der Waals surface area contributed by atoms with E-state index in [4.69, 9.17) is 5.11 Å². The molecule has 1 aromatic carbocycles. The Labute approximate surface area is 128 Å². The number of non-ortho nitro benzene ring substituents is 1. The van der Waals surface area contributed by atoms with Crippen molar-refractivity contribution in [2.24, 2.45) is 0 Å². The number of nitro groups is 1. The molecule has 0 aliphatic carbocycles. The van der Waals surface area contributed by atoms with Crippen LogP contribution in [0.25, 0.3) is 16.7 Å². The van der Waals surface area contributed by atoms with Gasteiger partial charge in [0.1, 0.15) is 0 Å². The maximum absolute atomic E-state index is 12.1. The Balaban J connectivity index is 2.32. The molecule has 3 aromatic rings. The Kier molecular flexibility index (Phi) is 3.32. The van der Waals surface area contributed by atoms with E-state index in [0.717, 1.165) is 0 Å². The molecule has 0 fully saturated rings. The molecular formula is C14H12N4O5. The number of carboxylic acids is 1. The van der Waals surface area contributed by atoms with E-state index in [1.165, 1.54) is 22.6 Å². The van der Waals surface area contributed by atoms with Crippen LogP contribution in [0.1, 0.15) is 17.8 Å². The third-order valence-electron chi connectivity index (χ3n) is 3.67. The zero-order chi connectivity index (χ0) is 16.7. The van der Waals surface area contributed by atoms with Crippen molar-refractivity contribution in [3.8, 4) is 0 Å². The first-order valence-corrected chi connectivity index (χ1v) is 6.78. The summed E-state index contributed by atoms with van der Waals surface area (Å²) >= 11 is 0. The number of benzene rings is 1. The normalized spacial score (nSPS) is 11.2. The first-order valence-electron chi connectivity index (χ1n) is 6.78. The average Bonchev–Trinajstić information content (AvgIpc) is 2.83. The number of carbonyl (C=O) groups is 1. The summed E-state index contributed by atoms with van der Waals surface area (Å²) in [5.74, 6) is -0.962. The van der Waals surface area contributed by atoms with Gasteiger partial charge in [-0.15, -0.1) is 0 Å². The van der Waals surface area contributed by atoms with Gasteiger partial charge in [0.05, 0.1) is 28.1 Å². The second-order valence-electron chi connectivity index (χ2n) is 5.11. The van der Waals surface area contributed by atoms with Crippen LogP contribution in [0.2, 0.25) is 0 Å². The molecule has 0 aliphatic rings. The monoisotopic (exact) mass is 316 g/mol. The predicted octanol–water partition coefficient (Wildman–Crippen LogP) is 1.41. The van der Waals surface area contributed by atoms with Gasteiger partial charge in [0.15, 0.2) is 0 Å². The number of hydrogen-bond donors (Lipinski definition) is 2. The zero-order valence-corrected chi connectivity index (χ0v) is 12.1. The number of nitrogens with zero attached hydrogens (tertiary/aromatic N) is 3. The van der Waals surface area contributed by atoms with Gasteiger partial charge in [-0.05, 0) is 13.0 Å². The molecule has 0 saturated carbocycles. The van der Waals surface area contributed by atoms with Crippen molar-refractivity contribution in [1.82, 2.24) is 14.4 Å². The molecule has 0 aliphatic heterocycles. The van der Waals surface area contributed by atoms with Crippen LogP contribution in [0.15, 0.2) is 23.0 Å². The number of nitrogens with one attached hydrogen (secondary N) is 1. The van der Waals surface area contributed by atoms with Crippen molar-refractivity contribution in [3.63, 3.8) is 0 Å². The van der Waals surface area contributed by atoms with Crippen LogP contribution in [0.3, 0.4) is 0 Å². The lowest BCUT2D eigenvalue weighted by molar-refractivity contribution is -0.384. The molecule has 0 saturated heterocycles. The molecule has 2 heterocycles. The van der Waals surface area contributed by atoms with Crippen LogP contribution in [0.4, 0.5) is 5.69 Å². The number of nitro benzene ring substituents is 1. The maximum Gasteiger partial charge on any atom is 0.303 e. The second-order valence-corrected chi connectivity index (χ2v) is 5.11. The molecule has 2 N–H and O–H groups in total. The van der Waals surface area contributed by atoms with Crippen molar-refractivity contribution in [1.29, 1.82) is 0 Å². The molecule has 0 atom stereocenters. The summed E-state index contributed by atoms with van der Waals surface area (Å²) < 4.78 is 1.53. The Morgan fingerprint density at radius 3 is 2.87 bits per heavy atom. The summed E-state index contributed by atoms with van der Waals surface area (Å²) in [5.41, 5.74) is 1.52. The summed E-state index contributed by atoms with van der Waals surface area (Å²) in [7, 11) is 0. The van der Waals surface area contributed by atoms with E-state index < -0.39 is 16.5 Å². The number of aliphatic carboxylic acids is 1. The first-order chi connectivity index (χ1) is 10.9. The van der Waals surface area contributed by atoms with Crippen LogP contribution in [-0.2, 0) is 11.2 Å². The smallest absolute Gasteiger partial charge is 0.303 e. The molecule has 0 spiro atoms. The Morgan fingerprint density at radius 1 is 1.48 bits per heavy atom. The highest BCUT2D eigenvalue weighted by Gasteiger charge is 2.17. The summed E-state index contributed by atoms with van der Waals surface area (Å²) in [6, 6.07) is 4.13. The van der Waals surface area contributed by atoms with Crippen molar-refractivity contribution in [2.45, 2.75) is 19.8 Å². The van der Waals surface area contributed by atoms with Crippen LogP contribution in [0, 0.1) is 17.0 Å². The largest absolute Gasteiger partial charge is 0.481 e. The predicted molar refractivity (Wildman–Crippen MR) is 80.7 cm³/mol. The van der Waals surface area contributed by atoms with E-state index in [0.29, 0.717) is 22.4 Å². The number of H-pyrrole nitrogens is 1. The third kappa shape index (κ3) is 2.41.